The van der Waals surface area contributed by atoms with E-state index in [0.29, 0.717) is 11.3 Å². The van der Waals surface area contributed by atoms with Crippen LogP contribution in [0.2, 0.25) is 0 Å². The lowest BCUT2D eigenvalue weighted by molar-refractivity contribution is 0.0743. The van der Waals surface area contributed by atoms with Gasteiger partial charge < -0.3 is 10.6 Å². The van der Waals surface area contributed by atoms with Gasteiger partial charge in [-0.05, 0) is 60.4 Å². The fraction of sp³-hybridized carbons (Fsp3) is 0.312. The van der Waals surface area contributed by atoms with Crippen molar-refractivity contribution in [2.24, 2.45) is 0 Å². The van der Waals surface area contributed by atoms with E-state index in [2.05, 4.69) is 23.8 Å². The summed E-state index contributed by atoms with van der Waals surface area (Å²) in [6.45, 7) is 4.00. The molecule has 0 spiro atoms. The molecule has 0 saturated carbocycles. The number of carbonyl (C=O) groups excluding carboxylic acids is 1. The third-order valence-corrected chi connectivity index (χ3v) is 4.35. The normalized spacial score (nSPS) is 12.2. The van der Waals surface area contributed by atoms with Crippen LogP contribution in [0.1, 0.15) is 28.4 Å². The van der Waals surface area contributed by atoms with Crippen LogP contribution in [-0.4, -0.2) is 23.9 Å². The molecular weight excluding hydrogens is 268 g/mol. The van der Waals surface area contributed by atoms with Gasteiger partial charge in [0, 0.05) is 24.3 Å². The molecule has 1 aromatic heterocycles. The van der Waals surface area contributed by atoms with Gasteiger partial charge in [-0.3, -0.25) is 4.79 Å². The van der Waals surface area contributed by atoms with E-state index < -0.39 is 0 Å². The third kappa shape index (κ3) is 3.20. The van der Waals surface area contributed by atoms with Crippen LogP contribution in [0.15, 0.2) is 35.0 Å². The first-order valence-electron chi connectivity index (χ1n) is 6.63. The summed E-state index contributed by atoms with van der Waals surface area (Å²) in [5.74, 6) is 0.0134. The number of likely N-dealkylation sites (N-methyl/N-ethyl adjacent to an activating group) is 1. The van der Waals surface area contributed by atoms with Crippen molar-refractivity contribution in [2.75, 3.05) is 12.8 Å². The average molecular weight is 288 g/mol. The first-order valence-corrected chi connectivity index (χ1v) is 7.57. The van der Waals surface area contributed by atoms with Crippen LogP contribution in [0.4, 0.5) is 5.69 Å². The van der Waals surface area contributed by atoms with E-state index in [1.165, 1.54) is 5.56 Å². The van der Waals surface area contributed by atoms with Gasteiger partial charge >= 0.3 is 0 Å². The highest BCUT2D eigenvalue weighted by Gasteiger charge is 2.18. The van der Waals surface area contributed by atoms with Gasteiger partial charge in [-0.15, -0.1) is 0 Å². The van der Waals surface area contributed by atoms with Gasteiger partial charge in [-0.25, -0.2) is 0 Å². The van der Waals surface area contributed by atoms with Crippen molar-refractivity contribution in [2.45, 2.75) is 26.3 Å². The highest BCUT2D eigenvalue weighted by atomic mass is 32.1. The standard InChI is InChI=1S/C16H20N2OS/c1-11-4-5-14(9-15(11)17)16(19)18(3)12(2)8-13-6-7-20-10-13/h4-7,9-10,12H,8,17H2,1-3H3. The lowest BCUT2D eigenvalue weighted by atomic mass is 10.1. The summed E-state index contributed by atoms with van der Waals surface area (Å²) in [6, 6.07) is 7.73. The number of carbonyl (C=O) groups is 1. The monoisotopic (exact) mass is 288 g/mol. The Hall–Kier alpha value is -1.81. The molecule has 0 radical (unpaired) electrons. The molecule has 1 atom stereocenters. The Kier molecular flexibility index (Phi) is 4.45. The maximum absolute atomic E-state index is 12.5. The summed E-state index contributed by atoms with van der Waals surface area (Å²) in [4.78, 5) is 14.2. The Morgan fingerprint density at radius 3 is 2.75 bits per heavy atom. The van der Waals surface area contributed by atoms with E-state index in [0.717, 1.165) is 12.0 Å². The highest BCUT2D eigenvalue weighted by Crippen LogP contribution is 2.17. The van der Waals surface area contributed by atoms with Crippen LogP contribution < -0.4 is 5.73 Å². The van der Waals surface area contributed by atoms with Crippen LogP contribution in [0.3, 0.4) is 0 Å². The Morgan fingerprint density at radius 1 is 1.40 bits per heavy atom. The second-order valence-corrected chi connectivity index (χ2v) is 5.95. The SMILES string of the molecule is Cc1ccc(C(=O)N(C)C(C)Cc2ccsc2)cc1N. The summed E-state index contributed by atoms with van der Waals surface area (Å²) in [7, 11) is 1.84. The molecule has 1 aromatic carbocycles. The topological polar surface area (TPSA) is 46.3 Å². The van der Waals surface area contributed by atoms with Crippen molar-refractivity contribution in [3.63, 3.8) is 0 Å². The molecule has 0 saturated heterocycles. The number of nitrogens with zero attached hydrogens (tertiary/aromatic N) is 1. The molecule has 3 nitrogen and oxygen atoms in total. The van der Waals surface area contributed by atoms with Crippen LogP contribution in [-0.2, 0) is 6.42 Å². The summed E-state index contributed by atoms with van der Waals surface area (Å²) in [5.41, 5.74) is 9.45. The van der Waals surface area contributed by atoms with Crippen molar-refractivity contribution >= 4 is 22.9 Å². The number of thiophene rings is 1. The number of amides is 1. The largest absolute Gasteiger partial charge is 0.398 e. The molecular formula is C16H20N2OS. The van der Waals surface area contributed by atoms with E-state index in [1.54, 1.807) is 22.3 Å². The molecule has 20 heavy (non-hydrogen) atoms. The Bertz CT molecular complexity index is 593. The van der Waals surface area contributed by atoms with Gasteiger partial charge in [0.25, 0.3) is 5.91 Å². The Labute approximate surface area is 124 Å². The molecule has 2 rings (SSSR count). The van der Waals surface area contributed by atoms with Gasteiger partial charge in [0.1, 0.15) is 0 Å². The quantitative estimate of drug-likeness (QED) is 0.877. The van der Waals surface area contributed by atoms with Gasteiger partial charge in [-0.2, -0.15) is 11.3 Å². The molecule has 1 amide bonds. The first-order chi connectivity index (χ1) is 9.49. The van der Waals surface area contributed by atoms with Crippen molar-refractivity contribution < 1.29 is 4.79 Å². The molecule has 0 bridgehead atoms. The predicted molar refractivity (Wildman–Crippen MR) is 85.2 cm³/mol. The minimum Gasteiger partial charge on any atom is -0.398 e. The van der Waals surface area contributed by atoms with Gasteiger partial charge in [0.15, 0.2) is 0 Å². The van der Waals surface area contributed by atoms with Crippen molar-refractivity contribution in [3.8, 4) is 0 Å². The molecule has 0 aliphatic carbocycles. The lowest BCUT2D eigenvalue weighted by Gasteiger charge is -2.25. The molecule has 0 aliphatic heterocycles. The first kappa shape index (κ1) is 14.6. The van der Waals surface area contributed by atoms with Crippen molar-refractivity contribution in [1.82, 2.24) is 4.90 Å². The number of aryl methyl sites for hydroxylation is 1. The summed E-state index contributed by atoms with van der Waals surface area (Å²) in [6.07, 6.45) is 0.868. The zero-order chi connectivity index (χ0) is 14.7. The minimum atomic E-state index is 0.0134. The fourth-order valence-corrected chi connectivity index (χ4v) is 2.75. The zero-order valence-electron chi connectivity index (χ0n) is 12.1. The Balaban J connectivity index is 2.09. The predicted octanol–water partition coefficient (Wildman–Crippen LogP) is 3.34. The molecule has 4 heteroatoms. The van der Waals surface area contributed by atoms with Crippen molar-refractivity contribution in [3.05, 3.63) is 51.7 Å². The van der Waals surface area contributed by atoms with E-state index in [-0.39, 0.29) is 11.9 Å². The maximum Gasteiger partial charge on any atom is 0.253 e. The number of anilines is 1. The maximum atomic E-state index is 12.5. The van der Waals surface area contributed by atoms with Crippen molar-refractivity contribution in [1.29, 1.82) is 0 Å². The highest BCUT2D eigenvalue weighted by molar-refractivity contribution is 7.07. The van der Waals surface area contributed by atoms with E-state index in [1.807, 2.05) is 26.1 Å². The summed E-state index contributed by atoms with van der Waals surface area (Å²) < 4.78 is 0. The van der Waals surface area contributed by atoms with Crippen LogP contribution in [0.25, 0.3) is 0 Å². The number of hydrogen-bond donors (Lipinski definition) is 1. The van der Waals surface area contributed by atoms with Gasteiger partial charge in [0.2, 0.25) is 0 Å². The summed E-state index contributed by atoms with van der Waals surface area (Å²) >= 11 is 1.68. The minimum absolute atomic E-state index is 0.0134. The van der Waals surface area contributed by atoms with Gasteiger partial charge in [0.05, 0.1) is 0 Å². The van der Waals surface area contributed by atoms with Crippen LogP contribution in [0, 0.1) is 6.92 Å². The Morgan fingerprint density at radius 2 is 2.15 bits per heavy atom. The average Bonchev–Trinajstić information content (AvgIpc) is 2.93. The number of rotatable bonds is 4. The van der Waals surface area contributed by atoms with E-state index >= 15 is 0 Å². The molecule has 2 N–H and O–H groups in total. The molecule has 2 aromatic rings. The molecule has 106 valence electrons. The second-order valence-electron chi connectivity index (χ2n) is 5.17. The lowest BCUT2D eigenvalue weighted by Crippen LogP contribution is -2.36. The molecule has 1 unspecified atom stereocenters. The zero-order valence-corrected chi connectivity index (χ0v) is 12.9. The third-order valence-electron chi connectivity index (χ3n) is 3.62. The van der Waals surface area contributed by atoms with Crippen LogP contribution >= 0.6 is 11.3 Å². The smallest absolute Gasteiger partial charge is 0.253 e. The number of nitrogens with two attached hydrogens (primary N) is 1. The molecule has 1 heterocycles. The fourth-order valence-electron chi connectivity index (χ4n) is 2.06. The summed E-state index contributed by atoms with van der Waals surface area (Å²) in [5, 5.41) is 4.18. The van der Waals surface area contributed by atoms with E-state index in [9.17, 15) is 4.79 Å². The number of hydrogen-bond acceptors (Lipinski definition) is 3. The van der Waals surface area contributed by atoms with Gasteiger partial charge in [-0.1, -0.05) is 6.07 Å². The second kappa shape index (κ2) is 6.09. The number of nitrogen functional groups attached to an aromatic ring is 1. The molecule has 0 aliphatic rings. The van der Waals surface area contributed by atoms with E-state index in [4.69, 9.17) is 5.73 Å². The number of benzene rings is 1. The molecule has 0 fully saturated rings. The van der Waals surface area contributed by atoms with Crippen LogP contribution in [0.5, 0.6) is 0 Å².